The Hall–Kier alpha value is -1.43. The molecule has 2 aromatic rings. The van der Waals surface area contributed by atoms with Crippen LogP contribution in [0.25, 0.3) is 0 Å². The monoisotopic (exact) mass is 321 g/mol. The summed E-state index contributed by atoms with van der Waals surface area (Å²) in [5.74, 6) is 0.0864. The Morgan fingerprint density at radius 3 is 2.67 bits per heavy atom. The molecule has 4 nitrogen and oxygen atoms in total. The first-order valence-corrected chi connectivity index (χ1v) is 8.14. The molecule has 0 atom stereocenters. The third-order valence-corrected chi connectivity index (χ3v) is 4.77. The summed E-state index contributed by atoms with van der Waals surface area (Å²) in [5, 5.41) is 3.58. The fourth-order valence-electron chi connectivity index (χ4n) is 2.44. The highest BCUT2D eigenvalue weighted by Gasteiger charge is 2.21. The van der Waals surface area contributed by atoms with Crippen LogP contribution in [0.3, 0.4) is 0 Å². The van der Waals surface area contributed by atoms with E-state index in [9.17, 15) is 4.79 Å². The summed E-state index contributed by atoms with van der Waals surface area (Å²) in [7, 11) is 0. The van der Waals surface area contributed by atoms with Crippen molar-refractivity contribution in [3.05, 3.63) is 46.4 Å². The van der Waals surface area contributed by atoms with E-state index in [1.54, 1.807) is 23.5 Å². The number of hydrogen-bond donors (Lipinski definition) is 0. The molecule has 1 aliphatic rings. The van der Waals surface area contributed by atoms with Crippen molar-refractivity contribution in [1.29, 1.82) is 0 Å². The minimum atomic E-state index is 0.0864. The van der Waals surface area contributed by atoms with Crippen molar-refractivity contribution in [3.8, 4) is 0 Å². The molecule has 0 N–H and O–H groups in total. The van der Waals surface area contributed by atoms with Crippen LogP contribution in [0.1, 0.15) is 10.4 Å². The number of hydrogen-bond acceptors (Lipinski definition) is 5. The Morgan fingerprint density at radius 1 is 1.24 bits per heavy atom. The molecule has 0 radical (unpaired) electrons. The van der Waals surface area contributed by atoms with Gasteiger partial charge in [-0.3, -0.25) is 9.69 Å². The van der Waals surface area contributed by atoms with Crippen molar-refractivity contribution in [2.45, 2.75) is 0 Å². The highest BCUT2D eigenvalue weighted by atomic mass is 35.5. The minimum absolute atomic E-state index is 0.0864. The molecular weight excluding hydrogens is 306 g/mol. The van der Waals surface area contributed by atoms with Crippen molar-refractivity contribution in [3.63, 3.8) is 0 Å². The van der Waals surface area contributed by atoms with E-state index in [1.165, 1.54) is 0 Å². The first-order valence-electron chi connectivity index (χ1n) is 6.88. The van der Waals surface area contributed by atoms with E-state index >= 15 is 0 Å². The summed E-state index contributed by atoms with van der Waals surface area (Å²) in [6.45, 7) is 3.98. The van der Waals surface area contributed by atoms with Crippen LogP contribution in [0.15, 0.2) is 35.8 Å². The Kier molecular flexibility index (Phi) is 4.53. The molecular formula is C15H16ClN3OS. The van der Waals surface area contributed by atoms with Gasteiger partial charge in [0.15, 0.2) is 10.9 Å². The van der Waals surface area contributed by atoms with Crippen molar-refractivity contribution in [1.82, 2.24) is 9.88 Å². The molecule has 0 aliphatic carbocycles. The Balaban J connectivity index is 1.56. The first-order chi connectivity index (χ1) is 10.2. The molecule has 21 heavy (non-hydrogen) atoms. The number of benzene rings is 1. The molecule has 1 saturated heterocycles. The number of piperazine rings is 1. The quantitative estimate of drug-likeness (QED) is 0.811. The fourth-order valence-corrected chi connectivity index (χ4v) is 3.38. The zero-order valence-corrected chi connectivity index (χ0v) is 13.1. The van der Waals surface area contributed by atoms with Crippen LogP contribution in [-0.4, -0.2) is 48.4 Å². The van der Waals surface area contributed by atoms with Gasteiger partial charge in [-0.2, -0.15) is 0 Å². The zero-order chi connectivity index (χ0) is 14.7. The summed E-state index contributed by atoms with van der Waals surface area (Å²) in [6, 6.07) is 7.23. The standard InChI is InChI=1S/C15H16ClN3OS/c16-13-4-2-1-3-12(13)14(20)11-18-6-8-19(9-7-18)15-17-5-10-21-15/h1-5,10H,6-9,11H2. The predicted octanol–water partition coefficient (Wildman–Crippen LogP) is 2.80. The van der Waals surface area contributed by atoms with Crippen molar-refractivity contribution in [2.75, 3.05) is 37.6 Å². The zero-order valence-electron chi connectivity index (χ0n) is 11.5. The predicted molar refractivity (Wildman–Crippen MR) is 86.5 cm³/mol. The normalized spacial score (nSPS) is 16.1. The average molecular weight is 322 g/mol. The van der Waals surface area contributed by atoms with Crippen LogP contribution in [-0.2, 0) is 0 Å². The molecule has 3 rings (SSSR count). The van der Waals surface area contributed by atoms with Gasteiger partial charge in [-0.15, -0.1) is 11.3 Å². The molecule has 1 aromatic heterocycles. The van der Waals surface area contributed by atoms with Crippen molar-refractivity contribution in [2.24, 2.45) is 0 Å². The summed E-state index contributed by atoms with van der Waals surface area (Å²) in [5.41, 5.74) is 0.613. The maximum absolute atomic E-state index is 12.3. The Bertz CT molecular complexity index is 609. The van der Waals surface area contributed by atoms with Gasteiger partial charge in [0.1, 0.15) is 0 Å². The molecule has 0 bridgehead atoms. The number of ketones is 1. The minimum Gasteiger partial charge on any atom is -0.346 e. The summed E-state index contributed by atoms with van der Waals surface area (Å²) in [6.07, 6.45) is 1.83. The van der Waals surface area contributed by atoms with Gasteiger partial charge in [0.2, 0.25) is 0 Å². The number of thiazole rings is 1. The molecule has 1 aromatic carbocycles. The number of rotatable bonds is 4. The highest BCUT2D eigenvalue weighted by molar-refractivity contribution is 7.13. The van der Waals surface area contributed by atoms with Crippen LogP contribution >= 0.6 is 22.9 Å². The van der Waals surface area contributed by atoms with Crippen molar-refractivity contribution < 1.29 is 4.79 Å². The van der Waals surface area contributed by atoms with E-state index in [-0.39, 0.29) is 5.78 Å². The SMILES string of the molecule is O=C(CN1CCN(c2nccs2)CC1)c1ccccc1Cl. The smallest absolute Gasteiger partial charge is 0.185 e. The highest BCUT2D eigenvalue weighted by Crippen LogP contribution is 2.20. The van der Waals surface area contributed by atoms with E-state index < -0.39 is 0 Å². The van der Waals surface area contributed by atoms with Gasteiger partial charge in [0, 0.05) is 43.3 Å². The van der Waals surface area contributed by atoms with E-state index in [4.69, 9.17) is 11.6 Å². The number of Topliss-reactive ketones (excluding diaryl/α,β-unsaturated/α-hetero) is 1. The molecule has 1 fully saturated rings. The molecule has 0 spiro atoms. The second-order valence-corrected chi connectivity index (χ2v) is 6.26. The number of anilines is 1. The van der Waals surface area contributed by atoms with Crippen LogP contribution in [0, 0.1) is 0 Å². The molecule has 0 unspecified atom stereocenters. The third-order valence-electron chi connectivity index (χ3n) is 3.60. The van der Waals surface area contributed by atoms with Gasteiger partial charge in [-0.05, 0) is 12.1 Å². The van der Waals surface area contributed by atoms with E-state index in [0.717, 1.165) is 31.3 Å². The summed E-state index contributed by atoms with van der Waals surface area (Å²) >= 11 is 7.73. The van der Waals surface area contributed by atoms with E-state index in [2.05, 4.69) is 14.8 Å². The molecule has 110 valence electrons. The van der Waals surface area contributed by atoms with E-state index in [0.29, 0.717) is 17.1 Å². The van der Waals surface area contributed by atoms with Gasteiger partial charge >= 0.3 is 0 Å². The molecule has 0 saturated carbocycles. The topological polar surface area (TPSA) is 36.4 Å². The van der Waals surface area contributed by atoms with Crippen LogP contribution in [0.2, 0.25) is 5.02 Å². The van der Waals surface area contributed by atoms with Gasteiger partial charge in [-0.1, -0.05) is 23.7 Å². The Morgan fingerprint density at radius 2 is 2.00 bits per heavy atom. The van der Waals surface area contributed by atoms with Crippen LogP contribution in [0.4, 0.5) is 5.13 Å². The summed E-state index contributed by atoms with van der Waals surface area (Å²) < 4.78 is 0. The largest absolute Gasteiger partial charge is 0.346 e. The lowest BCUT2D eigenvalue weighted by atomic mass is 10.1. The fraction of sp³-hybridized carbons (Fsp3) is 0.333. The third kappa shape index (κ3) is 3.43. The number of aromatic nitrogens is 1. The van der Waals surface area contributed by atoms with Crippen LogP contribution in [0.5, 0.6) is 0 Å². The summed E-state index contributed by atoms with van der Waals surface area (Å²) in [4.78, 5) is 21.1. The second-order valence-electron chi connectivity index (χ2n) is 4.98. The average Bonchev–Trinajstić information content (AvgIpc) is 3.02. The molecule has 1 aliphatic heterocycles. The lowest BCUT2D eigenvalue weighted by Crippen LogP contribution is -2.48. The molecule has 6 heteroatoms. The second kappa shape index (κ2) is 6.56. The Labute approximate surface area is 133 Å². The van der Waals surface area contributed by atoms with Crippen LogP contribution < -0.4 is 4.90 Å². The molecule has 2 heterocycles. The lowest BCUT2D eigenvalue weighted by molar-refractivity contribution is 0.0926. The molecule has 0 amide bonds. The first kappa shape index (κ1) is 14.5. The number of carbonyl (C=O) groups excluding carboxylic acids is 1. The number of nitrogens with zero attached hydrogens (tertiary/aromatic N) is 3. The maximum atomic E-state index is 12.3. The number of halogens is 1. The van der Waals surface area contributed by atoms with Gasteiger partial charge < -0.3 is 4.90 Å². The van der Waals surface area contributed by atoms with Gasteiger partial charge in [0.05, 0.1) is 11.6 Å². The number of carbonyl (C=O) groups is 1. The lowest BCUT2D eigenvalue weighted by Gasteiger charge is -2.34. The van der Waals surface area contributed by atoms with E-state index in [1.807, 2.05) is 23.7 Å². The van der Waals surface area contributed by atoms with Gasteiger partial charge in [0.25, 0.3) is 0 Å². The van der Waals surface area contributed by atoms with Crippen molar-refractivity contribution >= 4 is 33.9 Å². The van der Waals surface area contributed by atoms with Gasteiger partial charge in [-0.25, -0.2) is 4.98 Å². The maximum Gasteiger partial charge on any atom is 0.185 e.